The number of oxazole rings is 1. The van der Waals surface area contributed by atoms with Crippen molar-refractivity contribution in [3.63, 3.8) is 0 Å². The lowest BCUT2D eigenvalue weighted by Crippen LogP contribution is -2.15. The molecular weight excluding hydrogens is 287 g/mol. The Bertz CT molecular complexity index is 911. The summed E-state index contributed by atoms with van der Waals surface area (Å²) in [6.45, 7) is 0. The van der Waals surface area contributed by atoms with Gasteiger partial charge in [-0.3, -0.25) is 9.36 Å². The van der Waals surface area contributed by atoms with Gasteiger partial charge in [0.05, 0.1) is 11.9 Å². The summed E-state index contributed by atoms with van der Waals surface area (Å²) in [5.74, 6) is -1.21. The number of benzene rings is 2. The maximum Gasteiger partial charge on any atom is 0.419 e. The molecule has 0 saturated heterocycles. The number of nitrogens with zero attached hydrogens (tertiary/aromatic N) is 1. The number of fused-ring (bicyclic) bond motifs is 1. The number of anilines is 1. The highest BCUT2D eigenvalue weighted by molar-refractivity contribution is 5.94. The highest BCUT2D eigenvalue weighted by atomic mass is 19.1. The van der Waals surface area contributed by atoms with Crippen molar-refractivity contribution in [2.45, 2.75) is 6.42 Å². The first-order chi connectivity index (χ1) is 10.5. The van der Waals surface area contributed by atoms with Gasteiger partial charge in [0, 0.05) is 12.7 Å². The van der Waals surface area contributed by atoms with Crippen LogP contribution in [0.25, 0.3) is 11.1 Å². The van der Waals surface area contributed by atoms with Gasteiger partial charge < -0.3 is 9.73 Å². The number of aryl methyl sites for hydroxylation is 1. The largest absolute Gasteiger partial charge is 0.419 e. The number of amides is 1. The van der Waals surface area contributed by atoms with E-state index in [9.17, 15) is 14.0 Å². The van der Waals surface area contributed by atoms with Crippen molar-refractivity contribution in [3.05, 3.63) is 64.4 Å². The molecule has 0 saturated carbocycles. The molecule has 5 nitrogen and oxygen atoms in total. The van der Waals surface area contributed by atoms with Crippen molar-refractivity contribution < 1.29 is 13.6 Å². The van der Waals surface area contributed by atoms with E-state index in [-0.39, 0.29) is 12.3 Å². The third kappa shape index (κ3) is 2.63. The molecule has 112 valence electrons. The molecule has 0 radical (unpaired) electrons. The second-order valence-corrected chi connectivity index (χ2v) is 4.93. The number of aromatic nitrogens is 1. The maximum atomic E-state index is 13.5. The zero-order chi connectivity index (χ0) is 15.7. The van der Waals surface area contributed by atoms with E-state index in [0.29, 0.717) is 22.4 Å². The van der Waals surface area contributed by atoms with Gasteiger partial charge in [0.15, 0.2) is 5.58 Å². The molecule has 3 rings (SSSR count). The Morgan fingerprint density at radius 3 is 2.82 bits per heavy atom. The van der Waals surface area contributed by atoms with Gasteiger partial charge in [-0.05, 0) is 29.8 Å². The molecule has 22 heavy (non-hydrogen) atoms. The Labute approximate surface area is 125 Å². The van der Waals surface area contributed by atoms with Crippen LogP contribution in [0.2, 0.25) is 0 Å². The number of hydrogen-bond donors (Lipinski definition) is 1. The molecule has 0 bridgehead atoms. The fourth-order valence-corrected chi connectivity index (χ4v) is 2.22. The highest BCUT2D eigenvalue weighted by Gasteiger charge is 2.10. The summed E-state index contributed by atoms with van der Waals surface area (Å²) in [5.41, 5.74) is 1.87. The fraction of sp³-hybridized carbons (Fsp3) is 0.125. The summed E-state index contributed by atoms with van der Waals surface area (Å²) in [6.07, 6.45) is -0.0605. The Kier molecular flexibility index (Phi) is 3.50. The zero-order valence-electron chi connectivity index (χ0n) is 11.8. The number of nitrogens with one attached hydrogen (secondary N) is 1. The van der Waals surface area contributed by atoms with E-state index < -0.39 is 11.6 Å². The summed E-state index contributed by atoms with van der Waals surface area (Å²) < 4.78 is 19.9. The molecule has 0 spiro atoms. The summed E-state index contributed by atoms with van der Waals surface area (Å²) in [4.78, 5) is 23.4. The predicted octanol–water partition coefficient (Wildman–Crippen LogP) is 2.45. The molecule has 0 aliphatic rings. The van der Waals surface area contributed by atoms with Crippen LogP contribution < -0.4 is 11.1 Å². The van der Waals surface area contributed by atoms with Crippen molar-refractivity contribution >= 4 is 22.7 Å². The SMILES string of the molecule is Cn1c(=O)oc2ccc(NC(=O)Cc3ccccc3F)cc21. The topological polar surface area (TPSA) is 64.2 Å². The molecule has 3 aromatic rings. The van der Waals surface area contributed by atoms with Crippen molar-refractivity contribution in [3.8, 4) is 0 Å². The predicted molar refractivity (Wildman–Crippen MR) is 80.2 cm³/mol. The molecule has 1 aromatic heterocycles. The van der Waals surface area contributed by atoms with Crippen LogP contribution in [-0.2, 0) is 18.3 Å². The van der Waals surface area contributed by atoms with E-state index in [1.54, 1.807) is 43.4 Å². The Morgan fingerprint density at radius 2 is 2.05 bits per heavy atom. The van der Waals surface area contributed by atoms with E-state index in [1.165, 1.54) is 10.6 Å². The molecule has 1 heterocycles. The van der Waals surface area contributed by atoms with E-state index in [0.717, 1.165) is 0 Å². The monoisotopic (exact) mass is 300 g/mol. The second kappa shape index (κ2) is 5.48. The van der Waals surface area contributed by atoms with Gasteiger partial charge in [0.2, 0.25) is 5.91 Å². The third-order valence-electron chi connectivity index (χ3n) is 3.38. The molecule has 0 atom stereocenters. The molecule has 0 fully saturated rings. The Balaban J connectivity index is 1.81. The number of carbonyl (C=O) groups is 1. The summed E-state index contributed by atoms with van der Waals surface area (Å²) in [5, 5.41) is 2.68. The van der Waals surface area contributed by atoms with Crippen molar-refractivity contribution in [1.29, 1.82) is 0 Å². The van der Waals surface area contributed by atoms with E-state index in [1.807, 2.05) is 0 Å². The minimum atomic E-state index is -0.468. The van der Waals surface area contributed by atoms with Crippen LogP contribution in [0, 0.1) is 5.82 Å². The third-order valence-corrected chi connectivity index (χ3v) is 3.38. The van der Waals surface area contributed by atoms with Crippen LogP contribution in [0.1, 0.15) is 5.56 Å². The first kappa shape index (κ1) is 14.1. The highest BCUT2D eigenvalue weighted by Crippen LogP contribution is 2.18. The molecule has 1 N–H and O–H groups in total. The van der Waals surface area contributed by atoms with Crippen molar-refractivity contribution in [1.82, 2.24) is 4.57 Å². The quantitative estimate of drug-likeness (QED) is 0.808. The standard InChI is InChI=1S/C16H13FN2O3/c1-19-13-9-11(6-7-14(13)22-16(19)21)18-15(20)8-10-4-2-3-5-12(10)17/h2-7,9H,8H2,1H3,(H,18,20). The molecule has 0 aliphatic heterocycles. The first-order valence-electron chi connectivity index (χ1n) is 6.67. The van der Waals surface area contributed by atoms with Crippen molar-refractivity contribution in [2.75, 3.05) is 5.32 Å². The van der Waals surface area contributed by atoms with Gasteiger partial charge in [-0.25, -0.2) is 9.18 Å². The molecular formula is C16H13FN2O3. The number of carbonyl (C=O) groups excluding carboxylic acids is 1. The normalized spacial score (nSPS) is 10.8. The number of hydrogen-bond acceptors (Lipinski definition) is 3. The average molecular weight is 300 g/mol. The summed E-state index contributed by atoms with van der Waals surface area (Å²) in [7, 11) is 1.58. The molecule has 1 amide bonds. The van der Waals surface area contributed by atoms with Crippen LogP contribution >= 0.6 is 0 Å². The van der Waals surface area contributed by atoms with Crippen LogP contribution in [-0.4, -0.2) is 10.5 Å². The van der Waals surface area contributed by atoms with Gasteiger partial charge in [-0.1, -0.05) is 18.2 Å². The van der Waals surface area contributed by atoms with E-state index in [2.05, 4.69) is 5.32 Å². The lowest BCUT2D eigenvalue weighted by Gasteiger charge is -2.06. The molecule has 2 aromatic carbocycles. The summed E-state index contributed by atoms with van der Waals surface area (Å²) in [6, 6.07) is 11.0. The second-order valence-electron chi connectivity index (χ2n) is 4.93. The summed E-state index contributed by atoms with van der Waals surface area (Å²) >= 11 is 0. The van der Waals surface area contributed by atoms with Gasteiger partial charge in [-0.2, -0.15) is 0 Å². The maximum absolute atomic E-state index is 13.5. The van der Waals surface area contributed by atoms with Crippen LogP contribution in [0.3, 0.4) is 0 Å². The van der Waals surface area contributed by atoms with E-state index in [4.69, 9.17) is 4.42 Å². The number of halogens is 1. The lowest BCUT2D eigenvalue weighted by atomic mass is 10.1. The molecule has 6 heteroatoms. The molecule has 0 aliphatic carbocycles. The van der Waals surface area contributed by atoms with Crippen molar-refractivity contribution in [2.24, 2.45) is 7.05 Å². The average Bonchev–Trinajstić information content (AvgIpc) is 2.77. The lowest BCUT2D eigenvalue weighted by molar-refractivity contribution is -0.115. The van der Waals surface area contributed by atoms with Gasteiger partial charge in [0.25, 0.3) is 0 Å². The zero-order valence-corrected chi connectivity index (χ0v) is 11.8. The number of rotatable bonds is 3. The minimum absolute atomic E-state index is 0.0605. The Hall–Kier alpha value is -2.89. The van der Waals surface area contributed by atoms with E-state index >= 15 is 0 Å². The smallest absolute Gasteiger partial charge is 0.408 e. The van der Waals surface area contributed by atoms with Crippen LogP contribution in [0.4, 0.5) is 10.1 Å². The Morgan fingerprint density at radius 1 is 1.27 bits per heavy atom. The van der Waals surface area contributed by atoms with Gasteiger partial charge in [0.1, 0.15) is 5.82 Å². The fourth-order valence-electron chi connectivity index (χ4n) is 2.22. The van der Waals surface area contributed by atoms with Crippen LogP contribution in [0.5, 0.6) is 0 Å². The molecule has 0 unspecified atom stereocenters. The van der Waals surface area contributed by atoms with Gasteiger partial charge >= 0.3 is 5.76 Å². The van der Waals surface area contributed by atoms with Gasteiger partial charge in [-0.15, -0.1) is 0 Å². The minimum Gasteiger partial charge on any atom is -0.408 e. The first-order valence-corrected chi connectivity index (χ1v) is 6.67. The van der Waals surface area contributed by atoms with Crippen LogP contribution in [0.15, 0.2) is 51.7 Å².